The molecule has 1 aromatic rings. The highest BCUT2D eigenvalue weighted by Crippen LogP contribution is 2.19. The Kier molecular flexibility index (Phi) is 6.01. The van der Waals surface area contributed by atoms with Gasteiger partial charge in [0.25, 0.3) is 5.91 Å². The van der Waals surface area contributed by atoms with Crippen LogP contribution >= 0.6 is 0 Å². The fourth-order valence-corrected chi connectivity index (χ4v) is 2.24. The molecule has 0 saturated heterocycles. The third-order valence-corrected chi connectivity index (χ3v) is 3.40. The lowest BCUT2D eigenvalue weighted by molar-refractivity contribution is 0.0749. The van der Waals surface area contributed by atoms with Crippen molar-refractivity contribution in [3.05, 3.63) is 11.4 Å². The summed E-state index contributed by atoms with van der Waals surface area (Å²) < 4.78 is 1.60. The maximum Gasteiger partial charge on any atom is 0.274 e. The van der Waals surface area contributed by atoms with Gasteiger partial charge in [0.1, 0.15) is 5.69 Å². The van der Waals surface area contributed by atoms with Crippen molar-refractivity contribution in [2.24, 2.45) is 7.05 Å². The molecule has 0 atom stereocenters. The number of aromatic nitrogens is 2. The smallest absolute Gasteiger partial charge is 0.274 e. The molecule has 0 aromatic carbocycles. The fourth-order valence-electron chi connectivity index (χ4n) is 2.24. The summed E-state index contributed by atoms with van der Waals surface area (Å²) in [7, 11) is 5.84. The van der Waals surface area contributed by atoms with E-state index < -0.39 is 0 Å². The zero-order valence-electron chi connectivity index (χ0n) is 13.3. The summed E-state index contributed by atoms with van der Waals surface area (Å²) in [6.45, 7) is 6.35. The molecule has 1 amide bonds. The molecule has 20 heavy (non-hydrogen) atoms. The number of hydrogen-bond acceptors (Lipinski definition) is 4. The summed E-state index contributed by atoms with van der Waals surface area (Å²) in [4.78, 5) is 16.5. The third-order valence-electron chi connectivity index (χ3n) is 3.40. The van der Waals surface area contributed by atoms with Crippen LogP contribution in [0.2, 0.25) is 0 Å². The van der Waals surface area contributed by atoms with Crippen LogP contribution in [0.15, 0.2) is 0 Å². The van der Waals surface area contributed by atoms with Crippen LogP contribution in [0, 0.1) is 0 Å². The Morgan fingerprint density at radius 1 is 1.30 bits per heavy atom. The maximum atomic E-state index is 12.6. The van der Waals surface area contributed by atoms with Crippen molar-refractivity contribution >= 4 is 11.6 Å². The molecular formula is C14H27N5O. The van der Waals surface area contributed by atoms with E-state index in [0.29, 0.717) is 17.9 Å². The van der Waals surface area contributed by atoms with Gasteiger partial charge in [-0.1, -0.05) is 6.92 Å². The minimum atomic E-state index is -0.0292. The van der Waals surface area contributed by atoms with E-state index in [-0.39, 0.29) is 5.91 Å². The van der Waals surface area contributed by atoms with Gasteiger partial charge in [-0.15, -0.1) is 0 Å². The number of rotatable bonds is 7. The van der Waals surface area contributed by atoms with Gasteiger partial charge in [0.05, 0.1) is 11.4 Å². The molecule has 0 spiro atoms. The summed E-state index contributed by atoms with van der Waals surface area (Å²) in [5.74, 6) is -0.0292. The Morgan fingerprint density at radius 2 is 1.95 bits per heavy atom. The van der Waals surface area contributed by atoms with E-state index in [1.807, 2.05) is 32.8 Å². The molecule has 2 N–H and O–H groups in total. The highest BCUT2D eigenvalue weighted by molar-refractivity contribution is 5.98. The van der Waals surface area contributed by atoms with Gasteiger partial charge in [0, 0.05) is 20.1 Å². The number of hydrogen-bond donors (Lipinski definition) is 1. The first-order chi connectivity index (χ1) is 9.42. The average molecular weight is 281 g/mol. The first-order valence-corrected chi connectivity index (χ1v) is 7.17. The van der Waals surface area contributed by atoms with E-state index in [4.69, 9.17) is 5.73 Å². The van der Waals surface area contributed by atoms with Gasteiger partial charge in [0.15, 0.2) is 0 Å². The molecule has 6 heteroatoms. The summed E-state index contributed by atoms with van der Waals surface area (Å²) in [5.41, 5.74) is 7.87. The van der Waals surface area contributed by atoms with E-state index in [9.17, 15) is 4.79 Å². The average Bonchev–Trinajstić information content (AvgIpc) is 2.68. The van der Waals surface area contributed by atoms with Gasteiger partial charge >= 0.3 is 0 Å². The van der Waals surface area contributed by atoms with Gasteiger partial charge < -0.3 is 15.5 Å². The van der Waals surface area contributed by atoms with Crippen LogP contribution in [-0.2, 0) is 13.5 Å². The number of nitrogens with two attached hydrogens (primary N) is 1. The summed E-state index contributed by atoms with van der Waals surface area (Å²) >= 11 is 0. The SMILES string of the molecule is CCc1nn(C)c(C(=O)N(CC)CCCN(C)C)c1N. The predicted molar refractivity (Wildman–Crippen MR) is 81.7 cm³/mol. The van der Waals surface area contributed by atoms with Crippen LogP contribution < -0.4 is 5.73 Å². The number of nitrogen functional groups attached to an aromatic ring is 1. The summed E-state index contributed by atoms with van der Waals surface area (Å²) in [6.07, 6.45) is 1.69. The summed E-state index contributed by atoms with van der Waals surface area (Å²) in [5, 5.41) is 4.31. The first-order valence-electron chi connectivity index (χ1n) is 7.17. The lowest BCUT2D eigenvalue weighted by Crippen LogP contribution is -2.34. The van der Waals surface area contributed by atoms with E-state index in [1.165, 1.54) is 0 Å². The zero-order chi connectivity index (χ0) is 15.3. The molecule has 1 rings (SSSR count). The maximum absolute atomic E-state index is 12.6. The van der Waals surface area contributed by atoms with Crippen LogP contribution in [0.1, 0.15) is 36.5 Å². The van der Waals surface area contributed by atoms with Crippen molar-refractivity contribution in [2.45, 2.75) is 26.7 Å². The number of amides is 1. The monoisotopic (exact) mass is 281 g/mol. The van der Waals surface area contributed by atoms with E-state index in [1.54, 1.807) is 11.7 Å². The lowest BCUT2D eigenvalue weighted by Gasteiger charge is -2.22. The minimum absolute atomic E-state index is 0.0292. The number of anilines is 1. The second-order valence-electron chi connectivity index (χ2n) is 5.23. The molecule has 0 bridgehead atoms. The molecule has 1 aromatic heterocycles. The van der Waals surface area contributed by atoms with Crippen LogP contribution in [0.25, 0.3) is 0 Å². The number of carbonyl (C=O) groups is 1. The number of aryl methyl sites for hydroxylation is 2. The molecule has 1 heterocycles. The Morgan fingerprint density at radius 3 is 2.40 bits per heavy atom. The van der Waals surface area contributed by atoms with Crippen molar-refractivity contribution in [1.29, 1.82) is 0 Å². The molecule has 0 unspecified atom stereocenters. The molecule has 0 saturated carbocycles. The van der Waals surface area contributed by atoms with Crippen molar-refractivity contribution in [3.63, 3.8) is 0 Å². The van der Waals surface area contributed by atoms with Crippen LogP contribution in [0.3, 0.4) is 0 Å². The highest BCUT2D eigenvalue weighted by Gasteiger charge is 2.23. The lowest BCUT2D eigenvalue weighted by atomic mass is 10.2. The third kappa shape index (κ3) is 3.72. The second kappa shape index (κ2) is 7.28. The second-order valence-corrected chi connectivity index (χ2v) is 5.23. The van der Waals surface area contributed by atoms with Crippen molar-refractivity contribution in [3.8, 4) is 0 Å². The molecule has 114 valence electrons. The Balaban J connectivity index is 2.83. The largest absolute Gasteiger partial charge is 0.395 e. The zero-order valence-corrected chi connectivity index (χ0v) is 13.3. The normalized spacial score (nSPS) is 11.1. The number of nitrogens with zero attached hydrogens (tertiary/aromatic N) is 4. The van der Waals surface area contributed by atoms with E-state index >= 15 is 0 Å². The minimum Gasteiger partial charge on any atom is -0.395 e. The molecule has 6 nitrogen and oxygen atoms in total. The summed E-state index contributed by atoms with van der Waals surface area (Å²) in [6, 6.07) is 0. The molecule has 0 fully saturated rings. The molecular weight excluding hydrogens is 254 g/mol. The Labute approximate surface area is 121 Å². The van der Waals surface area contributed by atoms with Crippen molar-refractivity contribution < 1.29 is 4.79 Å². The van der Waals surface area contributed by atoms with Gasteiger partial charge in [-0.25, -0.2) is 0 Å². The van der Waals surface area contributed by atoms with Crippen LogP contribution in [-0.4, -0.2) is 59.2 Å². The molecule has 0 radical (unpaired) electrons. The standard InChI is InChI=1S/C14H27N5O/c1-6-11-12(15)13(18(5)16-11)14(20)19(7-2)10-8-9-17(3)4/h6-10,15H2,1-5H3. The topological polar surface area (TPSA) is 67.4 Å². The van der Waals surface area contributed by atoms with Crippen molar-refractivity contribution in [2.75, 3.05) is 39.5 Å². The van der Waals surface area contributed by atoms with Gasteiger partial charge in [-0.3, -0.25) is 9.48 Å². The first kappa shape index (κ1) is 16.5. The Hall–Kier alpha value is -1.56. The van der Waals surface area contributed by atoms with Crippen LogP contribution in [0.4, 0.5) is 5.69 Å². The van der Waals surface area contributed by atoms with Gasteiger partial charge in [0.2, 0.25) is 0 Å². The van der Waals surface area contributed by atoms with Crippen LogP contribution in [0.5, 0.6) is 0 Å². The molecule has 0 aliphatic heterocycles. The fraction of sp³-hybridized carbons (Fsp3) is 0.714. The van der Waals surface area contributed by atoms with E-state index in [0.717, 1.165) is 31.6 Å². The highest BCUT2D eigenvalue weighted by atomic mass is 16.2. The van der Waals surface area contributed by atoms with Gasteiger partial charge in [-0.2, -0.15) is 5.10 Å². The number of carbonyl (C=O) groups excluding carboxylic acids is 1. The molecule has 0 aliphatic rings. The van der Waals surface area contributed by atoms with Crippen molar-refractivity contribution in [1.82, 2.24) is 19.6 Å². The Bertz CT molecular complexity index is 453. The quantitative estimate of drug-likeness (QED) is 0.809. The van der Waals surface area contributed by atoms with Gasteiger partial charge in [-0.05, 0) is 40.4 Å². The van der Waals surface area contributed by atoms with E-state index in [2.05, 4.69) is 10.00 Å². The predicted octanol–water partition coefficient (Wildman–Crippen LogP) is 0.979. The molecule has 0 aliphatic carbocycles.